The number of ether oxygens (including phenoxy) is 2. The number of ketones is 2. The van der Waals surface area contributed by atoms with Crippen LogP contribution < -0.4 is 32.4 Å². The van der Waals surface area contributed by atoms with Crippen LogP contribution in [-0.2, 0) is 0 Å². The summed E-state index contributed by atoms with van der Waals surface area (Å²) in [6.45, 7) is 0. The molecule has 8 rings (SSSR count). The van der Waals surface area contributed by atoms with Crippen LogP contribution in [0, 0.1) is 20.2 Å². The van der Waals surface area contributed by atoms with Crippen molar-refractivity contribution >= 4 is 80.6 Å². The van der Waals surface area contributed by atoms with Crippen LogP contribution >= 0.6 is 34.9 Å². The molecule has 0 unspecified atom stereocenters. The summed E-state index contributed by atoms with van der Waals surface area (Å²) < 4.78 is 12.0. The van der Waals surface area contributed by atoms with Crippen molar-refractivity contribution in [1.29, 1.82) is 0 Å². The summed E-state index contributed by atoms with van der Waals surface area (Å²) in [5.41, 5.74) is 26.3. The number of benzene rings is 7. The van der Waals surface area contributed by atoms with Gasteiger partial charge in [0.05, 0.1) is 9.85 Å². The second-order valence-corrected chi connectivity index (χ2v) is 17.4. The minimum Gasteiger partial charge on any atom is -0.457 e. The number of para-hydroxylation sites is 2. The van der Waals surface area contributed by atoms with E-state index >= 15 is 0 Å². The Bertz CT molecular complexity index is 2800. The number of hydrogen-bond acceptors (Lipinski definition) is 15. The van der Waals surface area contributed by atoms with Crippen LogP contribution in [0.5, 0.6) is 23.0 Å². The van der Waals surface area contributed by atoms with E-state index < -0.39 is 21.2 Å². The molecule has 0 aliphatic carbocycles. The highest BCUT2D eigenvalue weighted by Crippen LogP contribution is 2.54. The summed E-state index contributed by atoms with van der Waals surface area (Å²) >= 11 is 3.06. The molecule has 324 valence electrons. The van der Waals surface area contributed by atoms with Crippen LogP contribution in [0.25, 0.3) is 0 Å². The van der Waals surface area contributed by atoms with Crippen molar-refractivity contribution in [3.8, 4) is 23.0 Å². The molecule has 0 atom stereocenters. The third kappa shape index (κ3) is 11.3. The lowest BCUT2D eigenvalue weighted by Crippen LogP contribution is -2.04. The van der Waals surface area contributed by atoms with Crippen molar-refractivity contribution in [3.05, 3.63) is 212 Å². The molecule has 0 bridgehead atoms. The van der Waals surface area contributed by atoms with E-state index in [4.69, 9.17) is 32.4 Å². The number of nitrogens with zero attached hydrogens (tertiary/aromatic N) is 2. The largest absolute Gasteiger partial charge is 0.457 e. The predicted octanol–water partition coefficient (Wildman–Crippen LogP) is 11.9. The van der Waals surface area contributed by atoms with Crippen LogP contribution in [0.2, 0.25) is 0 Å². The van der Waals surface area contributed by atoms with Gasteiger partial charge in [-0.25, -0.2) is 0 Å². The molecule has 0 spiro atoms. The second kappa shape index (κ2) is 20.4. The van der Waals surface area contributed by atoms with Gasteiger partial charge in [-0.3, -0.25) is 29.8 Å². The number of nitro groups is 2. The maximum atomic E-state index is 13.0. The van der Waals surface area contributed by atoms with Gasteiger partial charge >= 0.3 is 11.4 Å². The fraction of sp³-hybridized carbons (Fsp3) is 0. The van der Waals surface area contributed by atoms with Crippen molar-refractivity contribution in [2.75, 3.05) is 22.9 Å². The Morgan fingerprint density at radius 3 is 1.00 bits per heavy atom. The summed E-state index contributed by atoms with van der Waals surface area (Å²) in [6, 6.07) is 48.3. The van der Waals surface area contributed by atoms with Crippen molar-refractivity contribution in [3.63, 3.8) is 0 Å². The molecule has 1 aromatic heterocycles. The molecule has 0 saturated carbocycles. The van der Waals surface area contributed by atoms with Crippen molar-refractivity contribution in [2.45, 2.75) is 18.2 Å². The van der Waals surface area contributed by atoms with Crippen molar-refractivity contribution in [1.82, 2.24) is 0 Å². The van der Waals surface area contributed by atoms with Gasteiger partial charge in [0, 0.05) is 54.8 Å². The van der Waals surface area contributed by atoms with E-state index in [2.05, 4.69) is 0 Å². The van der Waals surface area contributed by atoms with Gasteiger partial charge < -0.3 is 32.4 Å². The van der Waals surface area contributed by atoms with E-state index in [9.17, 15) is 29.8 Å². The number of thiophene rings is 1. The molecular weight excluding hydrogens is 885 g/mol. The van der Waals surface area contributed by atoms with Crippen molar-refractivity contribution in [2.24, 2.45) is 0 Å². The molecule has 8 aromatic rings. The van der Waals surface area contributed by atoms with Gasteiger partial charge in [0.25, 0.3) is 0 Å². The Morgan fingerprint density at radius 1 is 0.431 bits per heavy atom. The van der Waals surface area contributed by atoms with Crippen LogP contribution in [-0.4, -0.2) is 21.4 Å². The first-order valence-electron chi connectivity index (χ1n) is 19.3. The van der Waals surface area contributed by atoms with Crippen LogP contribution in [0.15, 0.2) is 188 Å². The number of carbonyl (C=O) groups excluding carboxylic acids is 2. The topological polar surface area (TPSA) is 243 Å². The minimum absolute atomic E-state index is 0.146. The number of hydrogen-bond donors (Lipinski definition) is 4. The quantitative estimate of drug-likeness (QED) is 0.0343. The number of rotatable bonds is 14. The first kappa shape index (κ1) is 44.9. The Kier molecular flexibility index (Phi) is 14.1. The lowest BCUT2D eigenvalue weighted by Gasteiger charge is -2.08. The van der Waals surface area contributed by atoms with Gasteiger partial charge in [-0.1, -0.05) is 72.1 Å². The van der Waals surface area contributed by atoms with Gasteiger partial charge in [-0.15, -0.1) is 11.3 Å². The summed E-state index contributed by atoms with van der Waals surface area (Å²) in [4.78, 5) is 48.8. The smallest absolute Gasteiger partial charge is 0.371 e. The highest BCUT2D eigenvalue weighted by Gasteiger charge is 2.38. The summed E-state index contributed by atoms with van der Waals surface area (Å²) in [5.74, 6) is 2.23. The maximum absolute atomic E-state index is 13.0. The van der Waals surface area contributed by atoms with Gasteiger partial charge in [-0.2, -0.15) is 0 Å². The fourth-order valence-corrected chi connectivity index (χ4v) is 9.81. The van der Waals surface area contributed by atoms with Crippen molar-refractivity contribution < 1.29 is 28.9 Å². The summed E-state index contributed by atoms with van der Waals surface area (Å²) in [7, 11) is 0. The zero-order valence-corrected chi connectivity index (χ0v) is 36.3. The zero-order valence-electron chi connectivity index (χ0n) is 33.9. The molecule has 0 amide bonds. The maximum Gasteiger partial charge on any atom is 0.371 e. The van der Waals surface area contributed by atoms with Crippen LogP contribution in [0.3, 0.4) is 0 Å². The normalized spacial score (nSPS) is 10.6. The van der Waals surface area contributed by atoms with Gasteiger partial charge in [0.1, 0.15) is 23.0 Å². The lowest BCUT2D eigenvalue weighted by molar-refractivity contribution is -0.425. The van der Waals surface area contributed by atoms with E-state index in [1.165, 1.54) is 0 Å². The van der Waals surface area contributed by atoms with E-state index in [0.29, 0.717) is 77.8 Å². The highest BCUT2D eigenvalue weighted by atomic mass is 32.2. The molecule has 0 aliphatic heterocycles. The van der Waals surface area contributed by atoms with E-state index in [1.54, 1.807) is 170 Å². The molecule has 0 aliphatic rings. The Labute approximate surface area is 384 Å². The lowest BCUT2D eigenvalue weighted by atomic mass is 9.98. The molecule has 65 heavy (non-hydrogen) atoms. The third-order valence-corrected chi connectivity index (χ3v) is 13.0. The third-order valence-electron chi connectivity index (χ3n) is 9.28. The molecule has 7 aromatic carbocycles. The second-order valence-electron chi connectivity index (χ2n) is 13.8. The van der Waals surface area contributed by atoms with E-state index in [1.807, 2.05) is 0 Å². The Balaban J connectivity index is 0.000000206. The Morgan fingerprint density at radius 2 is 0.708 bits per heavy atom. The van der Waals surface area contributed by atoms with Crippen LogP contribution in [0.4, 0.5) is 34.1 Å². The number of nitrogens with two attached hydrogens (primary N) is 4. The summed E-state index contributed by atoms with van der Waals surface area (Å²) in [6.07, 6.45) is 0. The monoisotopic (exact) mass is 920 g/mol. The van der Waals surface area contributed by atoms with E-state index in [-0.39, 0.29) is 20.0 Å². The first-order chi connectivity index (χ1) is 31.3. The standard InChI is InChI=1S/C32H24N2O4.C16H12N4O4S3/c33-25-9-17-29(18-10-25)37-27-13-5-23(6-14-27)31(35)21-1-2-22(4-3-21)32(36)24-7-15-28(16-8-24)38-30-19-11-26(34)12-20-30;17-9-5-1-3-7-11(9)25-15-13(19(21)22)14(20(23)24)16(27-15)26-12-8-4-2-6-10(12)18/h1-20H,33-34H2;1-8H,17-18H2. The van der Waals surface area contributed by atoms with E-state index in [0.717, 1.165) is 34.9 Å². The molecule has 0 fully saturated rings. The molecule has 8 N–H and O–H groups in total. The minimum atomic E-state index is -0.728. The molecule has 1 heterocycles. The van der Waals surface area contributed by atoms with Gasteiger partial charge in [-0.05, 0) is 121 Å². The zero-order chi connectivity index (χ0) is 46.0. The van der Waals surface area contributed by atoms with Gasteiger partial charge in [0.2, 0.25) is 0 Å². The van der Waals surface area contributed by atoms with Crippen LogP contribution in [0.1, 0.15) is 31.8 Å². The summed E-state index contributed by atoms with van der Waals surface area (Å²) in [5, 5.41) is 23.2. The fourth-order valence-electron chi connectivity index (χ4n) is 5.98. The SMILES string of the molecule is Nc1ccc(Oc2ccc(C(=O)c3ccc(C(=O)c4ccc(Oc5ccc(N)cc5)cc4)cc3)cc2)cc1.Nc1ccccc1Sc1sc(Sc2ccccc2N)c([N+](=O)[O-])c1[N+](=O)[O-]. The molecular formula is C48H36N6O8S3. The molecule has 14 nitrogen and oxygen atoms in total. The molecule has 0 radical (unpaired) electrons. The predicted molar refractivity (Wildman–Crippen MR) is 256 cm³/mol. The number of anilines is 4. The first-order valence-corrected chi connectivity index (χ1v) is 21.7. The molecule has 17 heteroatoms. The Hall–Kier alpha value is -8.12. The highest BCUT2D eigenvalue weighted by molar-refractivity contribution is 8.03. The van der Waals surface area contributed by atoms with Gasteiger partial charge in [0.15, 0.2) is 20.0 Å². The average Bonchev–Trinajstić information content (AvgIpc) is 3.68. The number of nitrogen functional groups attached to an aromatic ring is 4. The number of carbonyl (C=O) groups is 2. The molecule has 0 saturated heterocycles. The average molecular weight is 921 g/mol.